The second-order valence-electron chi connectivity index (χ2n) is 16.6. The van der Waals surface area contributed by atoms with Gasteiger partial charge in [-0.05, 0) is 115 Å². The van der Waals surface area contributed by atoms with E-state index in [1.54, 1.807) is 0 Å². The molecule has 7 heteroatoms. The Morgan fingerprint density at radius 2 is 1.00 bits per heavy atom. The third-order valence-corrected chi connectivity index (χ3v) is 10.4. The highest BCUT2D eigenvalue weighted by Crippen LogP contribution is 2.14. The molecule has 1 aromatic carbocycles. The highest BCUT2D eigenvalue weighted by atomic mass is 16.6. The minimum atomic E-state index is -0.317. The van der Waals surface area contributed by atoms with E-state index >= 15 is 0 Å². The van der Waals surface area contributed by atoms with Gasteiger partial charge >= 0.3 is 0 Å². The second-order valence-corrected chi connectivity index (χ2v) is 16.6. The molecule has 0 radical (unpaired) electrons. The van der Waals surface area contributed by atoms with Crippen LogP contribution in [0.25, 0.3) is 0 Å². The first-order valence-electron chi connectivity index (χ1n) is 25.1. The van der Waals surface area contributed by atoms with Gasteiger partial charge in [0.15, 0.2) is 0 Å². The van der Waals surface area contributed by atoms with Crippen molar-refractivity contribution in [1.29, 1.82) is 0 Å². The first-order valence-corrected chi connectivity index (χ1v) is 25.1. The maximum absolute atomic E-state index is 9.92. The van der Waals surface area contributed by atoms with Gasteiger partial charge < -0.3 is 35.0 Å². The lowest BCUT2D eigenvalue weighted by atomic mass is 10.1. The Labute approximate surface area is 377 Å². The first-order chi connectivity index (χ1) is 29.9. The number of allylic oxidation sites excluding steroid dienone is 4. The molecule has 4 atom stereocenters. The van der Waals surface area contributed by atoms with Gasteiger partial charge in [-0.3, -0.25) is 0 Å². The van der Waals surface area contributed by atoms with Gasteiger partial charge in [0.1, 0.15) is 0 Å². The summed E-state index contributed by atoms with van der Waals surface area (Å²) < 4.78 is 10.5. The molecular formula is C54H98O7. The van der Waals surface area contributed by atoms with Crippen LogP contribution >= 0.6 is 0 Å². The summed E-state index contributed by atoms with van der Waals surface area (Å²) >= 11 is 0. The van der Waals surface area contributed by atoms with Crippen LogP contribution in [0, 0.1) is 11.8 Å². The zero-order valence-electron chi connectivity index (χ0n) is 40.1. The highest BCUT2D eigenvalue weighted by molar-refractivity contribution is 5.13. The summed E-state index contributed by atoms with van der Waals surface area (Å²) in [6, 6.07) is 10.1. The molecule has 0 saturated carbocycles. The van der Waals surface area contributed by atoms with Crippen LogP contribution in [-0.4, -0.2) is 76.4 Å². The molecule has 61 heavy (non-hydrogen) atoms. The van der Waals surface area contributed by atoms with Crippen molar-refractivity contribution >= 4 is 0 Å². The lowest BCUT2D eigenvalue weighted by Crippen LogP contribution is -2.10. The average Bonchev–Trinajstić information content (AvgIpc) is 4.09. The first kappa shape index (κ1) is 61.1. The van der Waals surface area contributed by atoms with Gasteiger partial charge in [-0.25, -0.2) is 0 Å². The standard InChI is InChI=1S/C21H32O2.2C14H28O2.C5H10O/c1-2-3-4-5-6-7-8-9-13-16-21(22)17-18-23-19-20-14-11-10-12-15-20;2*1-2-3-4-5-6-7-8-9-10-11-14(16)12-13-15;1-2-3-5-4-6-5/h10-12,14-15,21-22H,2-6,9,13,16-19H2,1H3;2*7-8,14-16H,2-6,9-13H2,1H3;5H,2-4H2,1H3/b;2*8-7-;/t21-;2*14-;5-/m1110/s1. The Morgan fingerprint density at radius 1 is 0.557 bits per heavy atom. The van der Waals surface area contributed by atoms with Crippen molar-refractivity contribution in [2.45, 2.75) is 245 Å². The van der Waals surface area contributed by atoms with E-state index < -0.39 is 0 Å². The summed E-state index contributed by atoms with van der Waals surface area (Å²) in [5.74, 6) is 6.45. The van der Waals surface area contributed by atoms with E-state index in [0.717, 1.165) is 70.8 Å². The van der Waals surface area contributed by atoms with Gasteiger partial charge in [-0.1, -0.05) is 147 Å². The molecule has 2 rings (SSSR count). The molecule has 7 nitrogen and oxygen atoms in total. The van der Waals surface area contributed by atoms with E-state index in [1.807, 2.05) is 18.2 Å². The number of rotatable bonds is 36. The summed E-state index contributed by atoms with van der Waals surface area (Å²) in [6.45, 7) is 11.3. The molecule has 0 aliphatic carbocycles. The van der Waals surface area contributed by atoms with Crippen LogP contribution in [0.1, 0.15) is 219 Å². The highest BCUT2D eigenvalue weighted by Gasteiger charge is 2.19. The summed E-state index contributed by atoms with van der Waals surface area (Å²) in [4.78, 5) is 0. The van der Waals surface area contributed by atoms with Gasteiger partial charge in [0.25, 0.3) is 0 Å². The van der Waals surface area contributed by atoms with E-state index in [0.29, 0.717) is 38.6 Å². The van der Waals surface area contributed by atoms with E-state index in [1.165, 1.54) is 108 Å². The van der Waals surface area contributed by atoms with Gasteiger partial charge in [0, 0.05) is 32.7 Å². The average molecular weight is 859 g/mol. The van der Waals surface area contributed by atoms with Crippen molar-refractivity contribution in [3.8, 4) is 11.8 Å². The minimum absolute atomic E-state index is 0.0917. The fraction of sp³-hybridized carbons (Fsp3) is 0.778. The lowest BCUT2D eigenvalue weighted by molar-refractivity contribution is 0.0694. The normalized spacial score (nSPS) is 14.5. The van der Waals surface area contributed by atoms with Crippen LogP contribution in [0.2, 0.25) is 0 Å². The molecule has 5 N–H and O–H groups in total. The lowest BCUT2D eigenvalue weighted by Gasteiger charge is -2.10. The molecule has 356 valence electrons. The van der Waals surface area contributed by atoms with Crippen LogP contribution < -0.4 is 0 Å². The number of benzene rings is 1. The quantitative estimate of drug-likeness (QED) is 0.0197. The Balaban J connectivity index is 0. The topological polar surface area (TPSA) is 123 Å². The fourth-order valence-electron chi connectivity index (χ4n) is 6.31. The molecule has 0 aromatic heterocycles. The van der Waals surface area contributed by atoms with Crippen LogP contribution in [0.4, 0.5) is 0 Å². The molecule has 1 fully saturated rings. The molecular weight excluding hydrogens is 761 g/mol. The molecule has 0 unspecified atom stereocenters. The Kier molecular flexibility index (Phi) is 52.4. The van der Waals surface area contributed by atoms with Crippen molar-refractivity contribution < 1.29 is 35.0 Å². The fourth-order valence-corrected chi connectivity index (χ4v) is 6.31. The number of hydrogen-bond donors (Lipinski definition) is 5. The number of unbranched alkanes of at least 4 members (excludes halogenated alkanes) is 15. The van der Waals surface area contributed by atoms with Crippen LogP contribution in [-0.2, 0) is 16.1 Å². The molecule has 0 amide bonds. The molecule has 1 saturated heterocycles. The zero-order chi connectivity index (χ0) is 45.1. The Morgan fingerprint density at radius 3 is 1.44 bits per heavy atom. The van der Waals surface area contributed by atoms with E-state index in [4.69, 9.17) is 19.7 Å². The minimum Gasteiger partial charge on any atom is -0.396 e. The van der Waals surface area contributed by atoms with E-state index in [2.05, 4.69) is 76.0 Å². The SMILES string of the molecule is CCCCCC/C=C\CCC[C@@H](O)CCO.CCCCCC/C=C\CCC[C@@H](O)CCO.CCCCCCC#CCCC[C@@H](O)CCOCc1ccccc1.CCC[C@H]1CO1. The van der Waals surface area contributed by atoms with E-state index in [9.17, 15) is 15.3 Å². The van der Waals surface area contributed by atoms with Gasteiger partial charge in [0.2, 0.25) is 0 Å². The van der Waals surface area contributed by atoms with Crippen LogP contribution in [0.5, 0.6) is 0 Å². The van der Waals surface area contributed by atoms with Gasteiger partial charge in [-0.2, -0.15) is 0 Å². The molecule has 0 spiro atoms. The molecule has 1 aliphatic heterocycles. The maximum atomic E-state index is 9.92. The van der Waals surface area contributed by atoms with Crippen LogP contribution in [0.3, 0.4) is 0 Å². The van der Waals surface area contributed by atoms with Crippen LogP contribution in [0.15, 0.2) is 54.6 Å². The number of aliphatic hydroxyl groups is 5. The smallest absolute Gasteiger partial charge is 0.0809 e. The van der Waals surface area contributed by atoms with E-state index in [-0.39, 0.29) is 31.5 Å². The monoisotopic (exact) mass is 859 g/mol. The Bertz CT molecular complexity index is 1040. The van der Waals surface area contributed by atoms with Crippen molar-refractivity contribution in [3.05, 3.63) is 60.2 Å². The molecule has 1 aromatic rings. The van der Waals surface area contributed by atoms with Crippen molar-refractivity contribution in [2.24, 2.45) is 0 Å². The molecule has 1 heterocycles. The van der Waals surface area contributed by atoms with Gasteiger partial charge in [-0.15, -0.1) is 11.8 Å². The predicted molar refractivity (Wildman–Crippen MR) is 261 cm³/mol. The number of hydrogen-bond acceptors (Lipinski definition) is 7. The van der Waals surface area contributed by atoms with Crippen molar-refractivity contribution in [1.82, 2.24) is 0 Å². The number of ether oxygens (including phenoxy) is 2. The number of epoxide rings is 1. The maximum Gasteiger partial charge on any atom is 0.0809 e. The number of aliphatic hydroxyl groups excluding tert-OH is 5. The summed E-state index contributed by atoms with van der Waals surface area (Å²) in [6.07, 6.45) is 40.5. The Hall–Kier alpha value is -2.02. The largest absolute Gasteiger partial charge is 0.396 e. The third kappa shape index (κ3) is 54.0. The van der Waals surface area contributed by atoms with Crippen molar-refractivity contribution in [2.75, 3.05) is 26.4 Å². The third-order valence-electron chi connectivity index (χ3n) is 10.4. The molecule has 0 bridgehead atoms. The van der Waals surface area contributed by atoms with Gasteiger partial charge in [0.05, 0.1) is 37.6 Å². The van der Waals surface area contributed by atoms with Crippen molar-refractivity contribution in [3.63, 3.8) is 0 Å². The predicted octanol–water partition coefficient (Wildman–Crippen LogP) is 13.1. The summed E-state index contributed by atoms with van der Waals surface area (Å²) in [7, 11) is 0. The molecule has 1 aliphatic rings. The zero-order valence-corrected chi connectivity index (χ0v) is 40.1. The second kappa shape index (κ2) is 52.3. The summed E-state index contributed by atoms with van der Waals surface area (Å²) in [5.41, 5.74) is 1.18. The summed E-state index contributed by atoms with van der Waals surface area (Å²) in [5, 5.41) is 45.9.